The third-order valence-corrected chi connectivity index (χ3v) is 3.57. The van der Waals surface area contributed by atoms with Crippen LogP contribution in [0.5, 0.6) is 5.75 Å². The Morgan fingerprint density at radius 1 is 1.13 bits per heavy atom. The number of aromatic hydroxyl groups is 1. The molecule has 3 aromatic rings. The number of nitrogens with zero attached hydrogens (tertiary/aromatic N) is 2. The van der Waals surface area contributed by atoms with E-state index in [1.54, 1.807) is 18.5 Å². The van der Waals surface area contributed by atoms with Gasteiger partial charge >= 0.3 is 0 Å². The maximum absolute atomic E-state index is 9.31. The van der Waals surface area contributed by atoms with E-state index in [4.69, 9.17) is 11.6 Å². The van der Waals surface area contributed by atoms with Crippen LogP contribution in [0, 0.1) is 11.8 Å². The van der Waals surface area contributed by atoms with Gasteiger partial charge in [-0.2, -0.15) is 0 Å². The number of aromatic nitrogens is 2. The predicted octanol–water partition coefficient (Wildman–Crippen LogP) is 3.84. The molecule has 2 N–H and O–H groups in total. The summed E-state index contributed by atoms with van der Waals surface area (Å²) in [5.74, 6) is 7.00. The quantitative estimate of drug-likeness (QED) is 0.568. The topological polar surface area (TPSA) is 58.0 Å². The molecule has 3 rings (SSSR count). The first-order chi connectivity index (χ1) is 11.2. The number of anilines is 1. The number of rotatable bonds is 3. The lowest BCUT2D eigenvalue weighted by molar-refractivity contribution is 0.475. The van der Waals surface area contributed by atoms with Gasteiger partial charge in [0.1, 0.15) is 17.9 Å². The Labute approximate surface area is 139 Å². The Kier molecular flexibility index (Phi) is 4.60. The highest BCUT2D eigenvalue weighted by Gasteiger charge is 2.01. The molecule has 0 aliphatic rings. The zero-order valence-electron chi connectivity index (χ0n) is 12.3. The highest BCUT2D eigenvalue weighted by molar-refractivity contribution is 6.31. The number of benzene rings is 2. The maximum atomic E-state index is 9.31. The monoisotopic (exact) mass is 323 g/mol. The van der Waals surface area contributed by atoms with Gasteiger partial charge in [0.2, 0.25) is 0 Å². The fraction of sp³-hybridized carbons (Fsp3) is 0.111. The van der Waals surface area contributed by atoms with Crippen molar-refractivity contribution in [2.45, 2.75) is 6.42 Å². The first kappa shape index (κ1) is 15.1. The number of para-hydroxylation sites is 1. The zero-order valence-corrected chi connectivity index (χ0v) is 13.0. The molecule has 5 heteroatoms. The lowest BCUT2D eigenvalue weighted by atomic mass is 10.2. The van der Waals surface area contributed by atoms with Crippen LogP contribution >= 0.6 is 11.6 Å². The van der Waals surface area contributed by atoms with Crippen molar-refractivity contribution in [1.82, 2.24) is 9.97 Å². The molecule has 0 atom stereocenters. The van der Waals surface area contributed by atoms with E-state index in [0.717, 1.165) is 16.7 Å². The van der Waals surface area contributed by atoms with Crippen molar-refractivity contribution >= 4 is 28.3 Å². The molecule has 23 heavy (non-hydrogen) atoms. The summed E-state index contributed by atoms with van der Waals surface area (Å²) < 4.78 is 0. The largest absolute Gasteiger partial charge is 0.508 e. The summed E-state index contributed by atoms with van der Waals surface area (Å²) in [6, 6.07) is 12.6. The van der Waals surface area contributed by atoms with Gasteiger partial charge in [-0.15, -0.1) is 0 Å². The van der Waals surface area contributed by atoms with Gasteiger partial charge in [0.05, 0.1) is 10.5 Å². The van der Waals surface area contributed by atoms with E-state index < -0.39 is 0 Å². The second-order valence-corrected chi connectivity index (χ2v) is 5.29. The van der Waals surface area contributed by atoms with E-state index in [1.165, 1.54) is 6.07 Å². The number of fused-ring (bicyclic) bond motifs is 1. The van der Waals surface area contributed by atoms with Crippen LogP contribution in [0.1, 0.15) is 12.0 Å². The molecule has 114 valence electrons. The molecule has 2 aromatic carbocycles. The van der Waals surface area contributed by atoms with Crippen LogP contribution in [-0.4, -0.2) is 21.6 Å². The van der Waals surface area contributed by atoms with Crippen LogP contribution in [0.4, 0.5) is 5.82 Å². The molecular formula is C18H14ClN3O. The molecule has 0 fully saturated rings. The third-order valence-electron chi connectivity index (χ3n) is 3.26. The number of hydrogen-bond acceptors (Lipinski definition) is 4. The molecule has 0 aliphatic carbocycles. The van der Waals surface area contributed by atoms with Gasteiger partial charge in [-0.3, -0.25) is 0 Å². The fourth-order valence-corrected chi connectivity index (χ4v) is 2.37. The molecule has 0 bridgehead atoms. The number of phenols is 1. The van der Waals surface area contributed by atoms with Crippen LogP contribution in [0.15, 0.2) is 48.8 Å². The average Bonchev–Trinajstić information content (AvgIpc) is 2.56. The van der Waals surface area contributed by atoms with Crippen LogP contribution in [0.2, 0.25) is 5.02 Å². The second-order valence-electron chi connectivity index (χ2n) is 4.88. The van der Waals surface area contributed by atoms with Gasteiger partial charge in [-0.1, -0.05) is 35.6 Å². The summed E-state index contributed by atoms with van der Waals surface area (Å²) in [7, 11) is 0. The van der Waals surface area contributed by atoms with Crippen LogP contribution < -0.4 is 5.32 Å². The normalized spacial score (nSPS) is 10.1. The molecule has 0 saturated heterocycles. The second kappa shape index (κ2) is 6.99. The van der Waals surface area contributed by atoms with E-state index in [2.05, 4.69) is 27.1 Å². The van der Waals surface area contributed by atoms with Crippen molar-refractivity contribution in [1.29, 1.82) is 0 Å². The van der Waals surface area contributed by atoms with Crippen molar-refractivity contribution in [3.05, 3.63) is 59.4 Å². The van der Waals surface area contributed by atoms with E-state index in [1.807, 2.05) is 24.3 Å². The van der Waals surface area contributed by atoms with Crippen molar-refractivity contribution in [3.63, 3.8) is 0 Å². The summed E-state index contributed by atoms with van der Waals surface area (Å²) in [4.78, 5) is 8.50. The van der Waals surface area contributed by atoms with Crippen molar-refractivity contribution in [2.75, 3.05) is 11.9 Å². The Balaban J connectivity index is 1.63. The number of hydrogen-bond donors (Lipinski definition) is 2. The first-order valence-electron chi connectivity index (χ1n) is 7.15. The Hall–Kier alpha value is -2.77. The first-order valence-corrected chi connectivity index (χ1v) is 7.53. The van der Waals surface area contributed by atoms with Crippen molar-refractivity contribution in [3.8, 4) is 17.6 Å². The number of phenolic OH excluding ortho intramolecular Hbond substituents is 1. The summed E-state index contributed by atoms with van der Waals surface area (Å²) in [6.45, 7) is 0.670. The highest BCUT2D eigenvalue weighted by Crippen LogP contribution is 2.20. The van der Waals surface area contributed by atoms with Crippen LogP contribution in [0.25, 0.3) is 10.9 Å². The van der Waals surface area contributed by atoms with Crippen LogP contribution in [-0.2, 0) is 0 Å². The van der Waals surface area contributed by atoms with Gasteiger partial charge < -0.3 is 10.4 Å². The summed E-state index contributed by atoms with van der Waals surface area (Å²) in [6.07, 6.45) is 2.20. The lowest BCUT2D eigenvalue weighted by Gasteiger charge is -2.06. The van der Waals surface area contributed by atoms with Gasteiger partial charge in [-0.25, -0.2) is 9.97 Å². The van der Waals surface area contributed by atoms with Gasteiger partial charge in [0.25, 0.3) is 0 Å². The number of nitrogens with one attached hydrogen (secondary N) is 1. The molecule has 0 unspecified atom stereocenters. The summed E-state index contributed by atoms with van der Waals surface area (Å²) in [5, 5.41) is 14.0. The van der Waals surface area contributed by atoms with E-state index >= 15 is 0 Å². The fourth-order valence-electron chi connectivity index (χ4n) is 2.15. The standard InChI is InChI=1S/C18H14ClN3O/c19-16-11-14(23)9-8-13(16)5-3-4-10-20-18-15-6-1-2-7-17(15)21-12-22-18/h1-2,6-9,11-12,23H,4,10H2,(H,20,21,22). The van der Waals surface area contributed by atoms with E-state index in [0.29, 0.717) is 23.6 Å². The molecule has 1 heterocycles. The van der Waals surface area contributed by atoms with Crippen molar-refractivity contribution < 1.29 is 5.11 Å². The van der Waals surface area contributed by atoms with Gasteiger partial charge in [0, 0.05) is 23.9 Å². The minimum absolute atomic E-state index is 0.137. The van der Waals surface area contributed by atoms with Crippen LogP contribution in [0.3, 0.4) is 0 Å². The smallest absolute Gasteiger partial charge is 0.137 e. The predicted molar refractivity (Wildman–Crippen MR) is 92.6 cm³/mol. The van der Waals surface area contributed by atoms with Gasteiger partial charge in [-0.05, 0) is 30.3 Å². The maximum Gasteiger partial charge on any atom is 0.137 e. The molecule has 1 aromatic heterocycles. The Morgan fingerprint density at radius 3 is 2.87 bits per heavy atom. The van der Waals surface area contributed by atoms with E-state index in [-0.39, 0.29) is 5.75 Å². The molecule has 4 nitrogen and oxygen atoms in total. The Morgan fingerprint density at radius 2 is 2.00 bits per heavy atom. The molecule has 0 amide bonds. The minimum Gasteiger partial charge on any atom is -0.508 e. The van der Waals surface area contributed by atoms with Gasteiger partial charge in [0.15, 0.2) is 0 Å². The molecule has 0 saturated carbocycles. The molecule has 0 spiro atoms. The highest BCUT2D eigenvalue weighted by atomic mass is 35.5. The van der Waals surface area contributed by atoms with E-state index in [9.17, 15) is 5.11 Å². The molecule has 0 aliphatic heterocycles. The minimum atomic E-state index is 0.137. The lowest BCUT2D eigenvalue weighted by Crippen LogP contribution is -2.03. The summed E-state index contributed by atoms with van der Waals surface area (Å²) >= 11 is 6.01. The third kappa shape index (κ3) is 3.71. The zero-order chi connectivity index (χ0) is 16.1. The van der Waals surface area contributed by atoms with Crippen molar-refractivity contribution in [2.24, 2.45) is 0 Å². The average molecular weight is 324 g/mol. The summed E-state index contributed by atoms with van der Waals surface area (Å²) in [5.41, 5.74) is 1.61. The Bertz CT molecular complexity index is 894. The SMILES string of the molecule is Oc1ccc(C#CCCNc2ncnc3ccccc23)c(Cl)c1. The molecular weight excluding hydrogens is 310 g/mol. The number of halogens is 1. The molecule has 0 radical (unpaired) electrons.